The van der Waals surface area contributed by atoms with Gasteiger partial charge in [0.25, 0.3) is 0 Å². The molecule has 0 atom stereocenters. The third-order valence-corrected chi connectivity index (χ3v) is 4.98. The highest BCUT2D eigenvalue weighted by molar-refractivity contribution is 5.87. The van der Waals surface area contributed by atoms with Gasteiger partial charge in [0.05, 0.1) is 34.0 Å². The minimum absolute atomic E-state index is 0.833. The van der Waals surface area contributed by atoms with Crippen LogP contribution in [-0.4, -0.2) is 26.1 Å². The predicted octanol–water partition coefficient (Wildman–Crippen LogP) is 4.05. The van der Waals surface area contributed by atoms with Crippen molar-refractivity contribution < 1.29 is 0 Å². The Hall–Kier alpha value is -3.21. The summed E-state index contributed by atoms with van der Waals surface area (Å²) in [5, 5.41) is 3.47. The Morgan fingerprint density at radius 1 is 1.04 bits per heavy atom. The lowest BCUT2D eigenvalue weighted by Crippen LogP contribution is -2.11. The largest absolute Gasteiger partial charge is 0.385 e. The summed E-state index contributed by atoms with van der Waals surface area (Å²) in [6, 6.07) is 12.2. The van der Waals surface area contributed by atoms with Gasteiger partial charge in [0.15, 0.2) is 0 Å². The molecule has 26 heavy (non-hydrogen) atoms. The highest BCUT2D eigenvalue weighted by atomic mass is 15.1. The molecule has 128 valence electrons. The van der Waals surface area contributed by atoms with Crippen LogP contribution in [0.5, 0.6) is 0 Å². The van der Waals surface area contributed by atoms with Crippen LogP contribution in [0.25, 0.3) is 34.2 Å². The summed E-state index contributed by atoms with van der Waals surface area (Å²) in [6.07, 6.45) is 8.02. The Kier molecular flexibility index (Phi) is 3.45. The first-order chi connectivity index (χ1) is 12.8. The van der Waals surface area contributed by atoms with Crippen LogP contribution in [-0.2, 0) is 13.5 Å². The summed E-state index contributed by atoms with van der Waals surface area (Å²) >= 11 is 0. The molecule has 2 aromatic heterocycles. The molecular formula is C21H19N5. The molecule has 0 spiro atoms. The molecule has 0 fully saturated rings. The second kappa shape index (κ2) is 5.95. The van der Waals surface area contributed by atoms with Gasteiger partial charge in [-0.15, -0.1) is 0 Å². The van der Waals surface area contributed by atoms with E-state index in [-0.39, 0.29) is 0 Å². The predicted molar refractivity (Wildman–Crippen MR) is 106 cm³/mol. The molecule has 0 saturated heterocycles. The summed E-state index contributed by atoms with van der Waals surface area (Å²) in [6.45, 7) is 1.04. The Morgan fingerprint density at radius 2 is 1.92 bits per heavy atom. The lowest BCUT2D eigenvalue weighted by molar-refractivity contribution is 0.835. The van der Waals surface area contributed by atoms with E-state index < -0.39 is 0 Å². The SMILES string of the molecule is Cn1c(/C=C/c2cnc3ccccc3n2)nc2c3c(ccc21)NCCC3. The van der Waals surface area contributed by atoms with Gasteiger partial charge in [-0.2, -0.15) is 0 Å². The lowest BCUT2D eigenvalue weighted by atomic mass is 10.0. The molecule has 1 aliphatic rings. The van der Waals surface area contributed by atoms with Crippen molar-refractivity contribution in [3.63, 3.8) is 0 Å². The number of benzene rings is 2. The second-order valence-electron chi connectivity index (χ2n) is 6.64. The number of aromatic nitrogens is 4. The van der Waals surface area contributed by atoms with Gasteiger partial charge in [-0.25, -0.2) is 9.97 Å². The molecule has 0 unspecified atom stereocenters. The lowest BCUT2D eigenvalue weighted by Gasteiger charge is -2.17. The van der Waals surface area contributed by atoms with E-state index in [1.165, 1.54) is 11.3 Å². The molecule has 0 aliphatic carbocycles. The van der Waals surface area contributed by atoms with Gasteiger partial charge in [0.1, 0.15) is 5.82 Å². The molecule has 1 aliphatic heterocycles. The quantitative estimate of drug-likeness (QED) is 0.598. The molecule has 4 aromatic rings. The van der Waals surface area contributed by atoms with Crippen LogP contribution in [0.3, 0.4) is 0 Å². The molecule has 0 bridgehead atoms. The third-order valence-electron chi connectivity index (χ3n) is 4.98. The van der Waals surface area contributed by atoms with E-state index in [9.17, 15) is 0 Å². The highest BCUT2D eigenvalue weighted by Gasteiger charge is 2.16. The van der Waals surface area contributed by atoms with Crippen LogP contribution in [0.2, 0.25) is 0 Å². The van der Waals surface area contributed by atoms with E-state index in [0.29, 0.717) is 0 Å². The zero-order valence-corrected chi connectivity index (χ0v) is 14.6. The number of nitrogens with zero attached hydrogens (tertiary/aromatic N) is 4. The number of anilines is 1. The van der Waals surface area contributed by atoms with Crippen LogP contribution in [0.15, 0.2) is 42.6 Å². The van der Waals surface area contributed by atoms with Gasteiger partial charge in [0, 0.05) is 24.8 Å². The van der Waals surface area contributed by atoms with Crippen LogP contribution in [0, 0.1) is 0 Å². The fourth-order valence-corrected chi connectivity index (χ4v) is 3.60. The summed E-state index contributed by atoms with van der Waals surface area (Å²) in [5.41, 5.74) is 7.45. The van der Waals surface area contributed by atoms with Crippen molar-refractivity contribution in [2.45, 2.75) is 12.8 Å². The van der Waals surface area contributed by atoms with Crippen LogP contribution < -0.4 is 5.32 Å². The molecule has 5 rings (SSSR count). The molecule has 2 aromatic carbocycles. The van der Waals surface area contributed by atoms with Gasteiger partial charge >= 0.3 is 0 Å². The number of hydrogen-bond donors (Lipinski definition) is 1. The normalized spacial score (nSPS) is 14.0. The van der Waals surface area contributed by atoms with Crippen molar-refractivity contribution in [1.82, 2.24) is 19.5 Å². The summed E-state index contributed by atoms with van der Waals surface area (Å²) in [5.74, 6) is 0.925. The minimum atomic E-state index is 0.833. The molecule has 1 N–H and O–H groups in total. The van der Waals surface area contributed by atoms with E-state index in [0.717, 1.165) is 53.0 Å². The summed E-state index contributed by atoms with van der Waals surface area (Å²) < 4.78 is 2.13. The molecule has 5 nitrogen and oxygen atoms in total. The molecule has 0 saturated carbocycles. The van der Waals surface area contributed by atoms with Gasteiger partial charge < -0.3 is 9.88 Å². The zero-order chi connectivity index (χ0) is 17.5. The topological polar surface area (TPSA) is 55.6 Å². The summed E-state index contributed by atoms with van der Waals surface area (Å²) in [4.78, 5) is 14.0. The van der Waals surface area contributed by atoms with Gasteiger partial charge in [-0.1, -0.05) is 12.1 Å². The smallest absolute Gasteiger partial charge is 0.133 e. The fourth-order valence-electron chi connectivity index (χ4n) is 3.60. The maximum atomic E-state index is 4.89. The van der Waals surface area contributed by atoms with E-state index >= 15 is 0 Å². The average molecular weight is 341 g/mol. The first-order valence-electron chi connectivity index (χ1n) is 8.92. The molecule has 0 radical (unpaired) electrons. The van der Waals surface area contributed by atoms with Gasteiger partial charge in [-0.3, -0.25) is 4.98 Å². The molecular weight excluding hydrogens is 322 g/mol. The molecule has 5 heteroatoms. The monoisotopic (exact) mass is 341 g/mol. The van der Waals surface area contributed by atoms with Crippen molar-refractivity contribution in [2.24, 2.45) is 7.05 Å². The van der Waals surface area contributed by atoms with E-state index in [1.54, 1.807) is 6.20 Å². The van der Waals surface area contributed by atoms with Crippen molar-refractivity contribution in [2.75, 3.05) is 11.9 Å². The van der Waals surface area contributed by atoms with E-state index in [1.807, 2.05) is 36.4 Å². The number of aryl methyl sites for hydroxylation is 2. The first-order valence-corrected chi connectivity index (χ1v) is 8.92. The average Bonchev–Trinajstić information content (AvgIpc) is 3.02. The van der Waals surface area contributed by atoms with Crippen molar-refractivity contribution in [3.05, 3.63) is 59.7 Å². The van der Waals surface area contributed by atoms with Gasteiger partial charge in [-0.05, 0) is 49.3 Å². The highest BCUT2D eigenvalue weighted by Crippen LogP contribution is 2.30. The van der Waals surface area contributed by atoms with E-state index in [4.69, 9.17) is 4.98 Å². The first kappa shape index (κ1) is 15.1. The maximum Gasteiger partial charge on any atom is 0.133 e. The van der Waals surface area contributed by atoms with Crippen LogP contribution >= 0.6 is 0 Å². The van der Waals surface area contributed by atoms with Crippen LogP contribution in [0.4, 0.5) is 5.69 Å². The third kappa shape index (κ3) is 2.44. The van der Waals surface area contributed by atoms with Crippen LogP contribution in [0.1, 0.15) is 23.5 Å². The standard InChI is InChI=1S/C21H19N5/c1-26-19-10-9-16-15(5-4-12-22-16)21(19)25-20(26)11-8-14-13-23-17-6-2-3-7-18(17)24-14/h2-3,6-11,13,22H,4-5,12H2,1H3/b11-8+. The maximum absolute atomic E-state index is 4.89. The second-order valence-corrected chi connectivity index (χ2v) is 6.64. The number of rotatable bonds is 2. The molecule has 0 amide bonds. The van der Waals surface area contributed by atoms with Crippen molar-refractivity contribution in [3.8, 4) is 0 Å². The Morgan fingerprint density at radius 3 is 2.85 bits per heavy atom. The van der Waals surface area contributed by atoms with Crippen molar-refractivity contribution >= 4 is 39.9 Å². The number of fused-ring (bicyclic) bond motifs is 4. The number of nitrogens with one attached hydrogen (secondary N) is 1. The Bertz CT molecular complexity index is 1160. The fraction of sp³-hybridized carbons (Fsp3) is 0.190. The minimum Gasteiger partial charge on any atom is -0.385 e. The number of para-hydroxylation sites is 2. The summed E-state index contributed by atoms with van der Waals surface area (Å²) in [7, 11) is 2.06. The number of hydrogen-bond acceptors (Lipinski definition) is 4. The molecule has 3 heterocycles. The van der Waals surface area contributed by atoms with Crippen molar-refractivity contribution in [1.29, 1.82) is 0 Å². The van der Waals surface area contributed by atoms with Gasteiger partial charge in [0.2, 0.25) is 0 Å². The number of imidazole rings is 1. The zero-order valence-electron chi connectivity index (χ0n) is 14.6. The Labute approximate surface area is 151 Å². The Balaban J connectivity index is 1.55. The van der Waals surface area contributed by atoms with E-state index in [2.05, 4.69) is 39.0 Å².